The van der Waals surface area contributed by atoms with Gasteiger partial charge in [0.05, 0.1) is 0 Å². The molecule has 2 aromatic carbocycles. The molecule has 0 spiro atoms. The van der Waals surface area contributed by atoms with Crippen LogP contribution >= 0.6 is 0 Å². The van der Waals surface area contributed by atoms with Gasteiger partial charge in [-0.15, -0.1) is 0 Å². The van der Waals surface area contributed by atoms with Crippen molar-refractivity contribution in [2.45, 2.75) is 52.3 Å². The van der Waals surface area contributed by atoms with Crippen molar-refractivity contribution in [1.82, 2.24) is 15.5 Å². The summed E-state index contributed by atoms with van der Waals surface area (Å²) in [5.74, 6) is -0.638. The van der Waals surface area contributed by atoms with Gasteiger partial charge in [-0.2, -0.15) is 0 Å². The van der Waals surface area contributed by atoms with E-state index in [2.05, 4.69) is 10.6 Å². The average Bonchev–Trinajstić information content (AvgIpc) is 2.76. The molecule has 2 rings (SSSR count). The molecule has 0 radical (unpaired) electrons. The fourth-order valence-corrected chi connectivity index (χ4v) is 3.19. The van der Waals surface area contributed by atoms with E-state index in [1.54, 1.807) is 20.8 Å². The number of ether oxygens (including phenoxy) is 1. The highest BCUT2D eigenvalue weighted by atomic mass is 16.6. The highest BCUT2D eigenvalue weighted by Gasteiger charge is 2.31. The fourth-order valence-electron chi connectivity index (χ4n) is 3.19. The molecule has 0 saturated heterocycles. The van der Waals surface area contributed by atoms with Gasteiger partial charge in [-0.25, -0.2) is 4.79 Å². The zero-order chi connectivity index (χ0) is 23.6. The Balaban J connectivity index is 2.18. The number of nitrogens with one attached hydrogen (secondary N) is 2. The first-order valence-corrected chi connectivity index (χ1v) is 10.8. The second-order valence-corrected chi connectivity index (χ2v) is 8.46. The summed E-state index contributed by atoms with van der Waals surface area (Å²) < 4.78 is 5.21. The van der Waals surface area contributed by atoms with E-state index in [1.807, 2.05) is 67.6 Å². The first kappa shape index (κ1) is 24.9. The maximum Gasteiger partial charge on any atom is 0.408 e. The maximum absolute atomic E-state index is 13.2. The molecule has 2 N–H and O–H groups in total. The molecule has 172 valence electrons. The van der Waals surface area contributed by atoms with Crippen LogP contribution in [0.3, 0.4) is 0 Å². The highest BCUT2D eigenvalue weighted by Crippen LogP contribution is 2.22. The lowest BCUT2D eigenvalue weighted by atomic mass is 10.0. The van der Waals surface area contributed by atoms with E-state index in [4.69, 9.17) is 4.74 Å². The summed E-state index contributed by atoms with van der Waals surface area (Å²) in [7, 11) is 0. The molecule has 0 heterocycles. The second-order valence-electron chi connectivity index (χ2n) is 8.46. The van der Waals surface area contributed by atoms with E-state index >= 15 is 0 Å². The average molecular weight is 440 g/mol. The Hall–Kier alpha value is -3.35. The van der Waals surface area contributed by atoms with Gasteiger partial charge in [0.25, 0.3) is 0 Å². The number of carbonyl (C=O) groups is 3. The third-order valence-electron chi connectivity index (χ3n) is 4.55. The van der Waals surface area contributed by atoms with Crippen LogP contribution in [0.2, 0.25) is 0 Å². The van der Waals surface area contributed by atoms with E-state index < -0.39 is 17.7 Å². The Morgan fingerprint density at radius 3 is 2.09 bits per heavy atom. The molecule has 3 amide bonds. The molecule has 0 saturated carbocycles. The van der Waals surface area contributed by atoms with Gasteiger partial charge in [-0.05, 0) is 38.3 Å². The van der Waals surface area contributed by atoms with E-state index in [0.29, 0.717) is 25.1 Å². The summed E-state index contributed by atoms with van der Waals surface area (Å²) in [6, 6.07) is 17.9. The predicted molar refractivity (Wildman–Crippen MR) is 124 cm³/mol. The Bertz CT molecular complexity index is 879. The van der Waals surface area contributed by atoms with Gasteiger partial charge in [-0.3, -0.25) is 9.59 Å². The molecule has 0 aliphatic carbocycles. The first-order chi connectivity index (χ1) is 15.2. The smallest absolute Gasteiger partial charge is 0.408 e. The van der Waals surface area contributed by atoms with Crippen LogP contribution in [-0.4, -0.2) is 41.5 Å². The lowest BCUT2D eigenvalue weighted by molar-refractivity contribution is -0.140. The van der Waals surface area contributed by atoms with Crippen molar-refractivity contribution in [2.75, 3.05) is 13.1 Å². The predicted octanol–water partition coefficient (Wildman–Crippen LogP) is 3.81. The molecule has 0 aliphatic heterocycles. The van der Waals surface area contributed by atoms with E-state index in [1.165, 1.54) is 4.90 Å². The fraction of sp³-hybridized carbons (Fsp3) is 0.400. The van der Waals surface area contributed by atoms with Gasteiger partial charge in [0.2, 0.25) is 11.8 Å². The van der Waals surface area contributed by atoms with Crippen molar-refractivity contribution in [3.63, 3.8) is 0 Å². The second kappa shape index (κ2) is 11.9. The summed E-state index contributed by atoms with van der Waals surface area (Å²) in [5, 5.41) is 5.44. The van der Waals surface area contributed by atoms with Crippen LogP contribution in [0, 0.1) is 0 Å². The number of rotatable bonds is 9. The first-order valence-electron chi connectivity index (χ1n) is 10.8. The maximum atomic E-state index is 13.2. The highest BCUT2D eigenvalue weighted by molar-refractivity contribution is 5.90. The van der Waals surface area contributed by atoms with Gasteiger partial charge in [0.1, 0.15) is 18.2 Å². The van der Waals surface area contributed by atoms with Crippen LogP contribution in [0.4, 0.5) is 4.79 Å². The normalized spacial score (nSPS) is 11.9. The molecule has 7 nitrogen and oxygen atoms in total. The molecule has 0 bridgehead atoms. The minimum absolute atomic E-state index is 0.260. The molecular weight excluding hydrogens is 406 g/mol. The topological polar surface area (TPSA) is 87.7 Å². The molecule has 0 aliphatic rings. The molecular formula is C25H33N3O4. The van der Waals surface area contributed by atoms with Crippen LogP contribution in [-0.2, 0) is 20.9 Å². The van der Waals surface area contributed by atoms with Crippen LogP contribution in [0.25, 0.3) is 0 Å². The van der Waals surface area contributed by atoms with Crippen molar-refractivity contribution in [2.24, 2.45) is 0 Å². The van der Waals surface area contributed by atoms with Crippen LogP contribution in [0.5, 0.6) is 0 Å². The minimum Gasteiger partial charge on any atom is -0.444 e. The van der Waals surface area contributed by atoms with Crippen molar-refractivity contribution >= 4 is 17.9 Å². The van der Waals surface area contributed by atoms with Crippen molar-refractivity contribution in [3.05, 3.63) is 71.8 Å². The summed E-state index contributed by atoms with van der Waals surface area (Å²) in [6.07, 6.45) is -0.0138. The third-order valence-corrected chi connectivity index (χ3v) is 4.55. The van der Waals surface area contributed by atoms with Gasteiger partial charge >= 0.3 is 6.09 Å². The molecule has 0 fully saturated rings. The molecule has 1 atom stereocenters. The monoisotopic (exact) mass is 439 g/mol. The lowest BCUT2D eigenvalue weighted by Gasteiger charge is -2.31. The number of carbonyl (C=O) groups excluding carboxylic acids is 3. The number of hydrogen-bond acceptors (Lipinski definition) is 4. The van der Waals surface area contributed by atoms with Gasteiger partial charge < -0.3 is 20.3 Å². The number of alkyl carbamates (subject to hydrolysis) is 1. The Morgan fingerprint density at radius 1 is 0.938 bits per heavy atom. The zero-order valence-electron chi connectivity index (χ0n) is 19.3. The van der Waals surface area contributed by atoms with Gasteiger partial charge in [0, 0.05) is 13.1 Å². The zero-order valence-corrected chi connectivity index (χ0v) is 19.3. The molecule has 1 unspecified atom stereocenters. The van der Waals surface area contributed by atoms with Crippen molar-refractivity contribution in [3.8, 4) is 0 Å². The number of amides is 3. The number of benzene rings is 2. The van der Waals surface area contributed by atoms with E-state index in [-0.39, 0.29) is 18.4 Å². The van der Waals surface area contributed by atoms with E-state index in [9.17, 15) is 14.4 Å². The minimum atomic E-state index is -0.812. The van der Waals surface area contributed by atoms with Crippen molar-refractivity contribution in [1.29, 1.82) is 0 Å². The third kappa shape index (κ3) is 8.06. The Morgan fingerprint density at radius 2 is 1.53 bits per heavy atom. The van der Waals surface area contributed by atoms with Crippen molar-refractivity contribution < 1.29 is 19.1 Å². The standard InChI is InChI=1S/C25H33N3O4/c1-5-16-28(21(29)18-27-24(31)32-25(2,3)4)22(20-14-10-7-11-15-20)23(30)26-17-19-12-8-6-9-13-19/h6-15,22H,5,16-18H2,1-4H3,(H,26,30)(H,27,31). The van der Waals surface area contributed by atoms with Crippen LogP contribution < -0.4 is 10.6 Å². The molecule has 0 aromatic heterocycles. The van der Waals surface area contributed by atoms with E-state index in [0.717, 1.165) is 5.56 Å². The number of hydrogen-bond donors (Lipinski definition) is 2. The molecule has 2 aromatic rings. The van der Waals surface area contributed by atoms with Gasteiger partial charge in [-0.1, -0.05) is 67.6 Å². The summed E-state index contributed by atoms with van der Waals surface area (Å²) in [5.41, 5.74) is 1.00. The summed E-state index contributed by atoms with van der Waals surface area (Å²) in [6.45, 7) is 7.65. The van der Waals surface area contributed by atoms with Gasteiger partial charge in [0.15, 0.2) is 0 Å². The lowest BCUT2D eigenvalue weighted by Crippen LogP contribution is -2.48. The SMILES string of the molecule is CCCN(C(=O)CNC(=O)OC(C)(C)C)C(C(=O)NCc1ccccc1)c1ccccc1. The molecule has 7 heteroatoms. The number of nitrogens with zero attached hydrogens (tertiary/aromatic N) is 1. The summed E-state index contributed by atoms with van der Waals surface area (Å²) >= 11 is 0. The molecule has 32 heavy (non-hydrogen) atoms. The van der Waals surface area contributed by atoms with Crippen LogP contribution in [0.1, 0.15) is 51.3 Å². The quantitative estimate of drug-likeness (QED) is 0.622. The van der Waals surface area contributed by atoms with Crippen LogP contribution in [0.15, 0.2) is 60.7 Å². The Labute approximate surface area is 190 Å². The summed E-state index contributed by atoms with van der Waals surface area (Å²) in [4.78, 5) is 39.8. The Kier molecular flexibility index (Phi) is 9.25. The largest absolute Gasteiger partial charge is 0.444 e.